The van der Waals surface area contributed by atoms with Crippen molar-refractivity contribution >= 4 is 61.7 Å². The highest BCUT2D eigenvalue weighted by Crippen LogP contribution is 2.26. The molecule has 0 saturated carbocycles. The smallest absolute Gasteiger partial charge is 0.257 e. The van der Waals surface area contributed by atoms with E-state index >= 15 is 0 Å². The number of carbonyl (C=O) groups is 2. The molecule has 3 aromatic rings. The van der Waals surface area contributed by atoms with Gasteiger partial charge in [-0.25, -0.2) is 0 Å². The van der Waals surface area contributed by atoms with Gasteiger partial charge in [-0.15, -0.1) is 10.2 Å². The Morgan fingerprint density at radius 3 is 2.70 bits per heavy atom. The van der Waals surface area contributed by atoms with Gasteiger partial charge in [-0.05, 0) is 42.8 Å². The third-order valence-electron chi connectivity index (χ3n) is 3.34. The second-order valence-electron chi connectivity index (χ2n) is 5.54. The Kier molecular flexibility index (Phi) is 6.59. The maximum absolute atomic E-state index is 12.2. The van der Waals surface area contributed by atoms with Crippen LogP contribution in [0.15, 0.2) is 57.3 Å². The van der Waals surface area contributed by atoms with E-state index in [-0.39, 0.29) is 17.6 Å². The molecule has 138 valence electrons. The number of rotatable bonds is 6. The lowest BCUT2D eigenvalue weighted by molar-refractivity contribution is -0.113. The molecule has 0 aliphatic carbocycles. The van der Waals surface area contributed by atoms with Crippen molar-refractivity contribution in [1.29, 1.82) is 0 Å². The number of aromatic nitrogens is 2. The maximum Gasteiger partial charge on any atom is 0.257 e. The lowest BCUT2D eigenvalue weighted by atomic mass is 10.2. The number of thioether (sulfide) groups is 1. The van der Waals surface area contributed by atoms with Crippen molar-refractivity contribution in [3.63, 3.8) is 0 Å². The Bertz CT molecular complexity index is 977. The van der Waals surface area contributed by atoms with Crippen molar-refractivity contribution < 1.29 is 9.59 Å². The molecular weight excluding hydrogens is 448 g/mol. The highest BCUT2D eigenvalue weighted by atomic mass is 79.9. The largest absolute Gasteiger partial charge is 0.325 e. The number of aryl methyl sites for hydroxylation is 1. The Hall–Kier alpha value is -2.23. The first-order chi connectivity index (χ1) is 13.0. The van der Waals surface area contributed by atoms with Crippen LogP contribution in [0.5, 0.6) is 0 Å². The zero-order valence-electron chi connectivity index (χ0n) is 14.2. The van der Waals surface area contributed by atoms with E-state index in [4.69, 9.17) is 0 Å². The number of nitrogens with zero attached hydrogens (tertiary/aromatic N) is 2. The molecular formula is C18H15BrN4O2S2. The molecule has 6 nitrogen and oxygen atoms in total. The quantitative estimate of drug-likeness (QED) is 0.413. The Morgan fingerprint density at radius 2 is 1.93 bits per heavy atom. The fraction of sp³-hybridized carbons (Fsp3) is 0.111. The van der Waals surface area contributed by atoms with Gasteiger partial charge in [-0.3, -0.25) is 14.9 Å². The Morgan fingerprint density at radius 1 is 1.11 bits per heavy atom. The number of amides is 2. The highest BCUT2D eigenvalue weighted by molar-refractivity contribution is 9.10. The van der Waals surface area contributed by atoms with Crippen LogP contribution in [-0.4, -0.2) is 27.8 Å². The zero-order chi connectivity index (χ0) is 19.2. The van der Waals surface area contributed by atoms with Crippen LogP contribution in [0.3, 0.4) is 0 Å². The van der Waals surface area contributed by atoms with Crippen LogP contribution in [0.25, 0.3) is 0 Å². The Labute approximate surface area is 172 Å². The lowest BCUT2D eigenvalue weighted by Crippen LogP contribution is -2.13. The number of carbonyl (C=O) groups excluding carboxylic acids is 2. The van der Waals surface area contributed by atoms with E-state index in [1.165, 1.54) is 23.1 Å². The van der Waals surface area contributed by atoms with Gasteiger partial charge in [-0.2, -0.15) is 0 Å². The van der Waals surface area contributed by atoms with E-state index in [2.05, 4.69) is 36.8 Å². The summed E-state index contributed by atoms with van der Waals surface area (Å²) < 4.78 is 1.43. The number of benzene rings is 2. The third kappa shape index (κ3) is 5.88. The minimum atomic E-state index is -0.263. The summed E-state index contributed by atoms with van der Waals surface area (Å²) >= 11 is 5.84. The van der Waals surface area contributed by atoms with E-state index in [0.29, 0.717) is 15.0 Å². The van der Waals surface area contributed by atoms with Crippen molar-refractivity contribution in [2.45, 2.75) is 11.3 Å². The van der Waals surface area contributed by atoms with Gasteiger partial charge in [0.2, 0.25) is 11.0 Å². The maximum atomic E-state index is 12.2. The summed E-state index contributed by atoms with van der Waals surface area (Å²) in [4.78, 5) is 24.3. The summed E-state index contributed by atoms with van der Waals surface area (Å²) in [7, 11) is 0. The normalized spacial score (nSPS) is 10.4. The van der Waals surface area contributed by atoms with Crippen LogP contribution in [0.2, 0.25) is 0 Å². The van der Waals surface area contributed by atoms with Crippen molar-refractivity contribution in [2.24, 2.45) is 0 Å². The molecule has 0 atom stereocenters. The molecule has 0 fully saturated rings. The van der Waals surface area contributed by atoms with E-state index < -0.39 is 0 Å². The fourth-order valence-electron chi connectivity index (χ4n) is 2.16. The minimum Gasteiger partial charge on any atom is -0.325 e. The molecule has 0 aliphatic rings. The predicted molar refractivity (Wildman–Crippen MR) is 113 cm³/mol. The van der Waals surface area contributed by atoms with Gasteiger partial charge in [0, 0.05) is 15.7 Å². The molecule has 0 saturated heterocycles. The molecule has 0 radical (unpaired) electrons. The molecule has 2 N–H and O–H groups in total. The van der Waals surface area contributed by atoms with Gasteiger partial charge in [0.05, 0.1) is 5.75 Å². The van der Waals surface area contributed by atoms with Crippen LogP contribution >= 0.6 is 39.0 Å². The SMILES string of the molecule is Cc1cccc(NC(=O)CSc2nnc(NC(=O)c3cccc(Br)c3)s2)c1. The summed E-state index contributed by atoms with van der Waals surface area (Å²) in [5.41, 5.74) is 2.36. The molecule has 1 heterocycles. The average molecular weight is 463 g/mol. The number of halogens is 1. The van der Waals surface area contributed by atoms with Crippen LogP contribution in [0, 0.1) is 6.92 Å². The zero-order valence-corrected chi connectivity index (χ0v) is 17.5. The number of hydrogen-bond donors (Lipinski definition) is 2. The van der Waals surface area contributed by atoms with E-state index in [9.17, 15) is 9.59 Å². The van der Waals surface area contributed by atoms with Gasteiger partial charge in [0.25, 0.3) is 5.91 Å². The number of anilines is 2. The van der Waals surface area contributed by atoms with Crippen molar-refractivity contribution in [3.8, 4) is 0 Å². The molecule has 3 rings (SSSR count). The molecule has 0 bridgehead atoms. The monoisotopic (exact) mass is 462 g/mol. The summed E-state index contributed by atoms with van der Waals surface area (Å²) in [5, 5.41) is 13.9. The molecule has 9 heteroatoms. The Balaban J connectivity index is 1.52. The van der Waals surface area contributed by atoms with Gasteiger partial charge < -0.3 is 5.32 Å². The highest BCUT2D eigenvalue weighted by Gasteiger charge is 2.12. The molecule has 0 aliphatic heterocycles. The van der Waals surface area contributed by atoms with E-state index in [1.807, 2.05) is 37.3 Å². The second-order valence-corrected chi connectivity index (χ2v) is 8.66. The van der Waals surface area contributed by atoms with Gasteiger partial charge in [0.1, 0.15) is 0 Å². The van der Waals surface area contributed by atoms with Gasteiger partial charge >= 0.3 is 0 Å². The van der Waals surface area contributed by atoms with Crippen LogP contribution in [0.1, 0.15) is 15.9 Å². The second kappa shape index (κ2) is 9.12. The summed E-state index contributed by atoms with van der Waals surface area (Å²) in [6.07, 6.45) is 0. The standard InChI is InChI=1S/C18H15BrN4O2S2/c1-11-4-2-7-14(8-11)20-15(24)10-26-18-23-22-17(27-18)21-16(25)12-5-3-6-13(19)9-12/h2-9H,10H2,1H3,(H,20,24)(H,21,22,25). The molecule has 1 aromatic heterocycles. The molecule has 0 spiro atoms. The van der Waals surface area contributed by atoms with E-state index in [0.717, 1.165) is 15.7 Å². The summed E-state index contributed by atoms with van der Waals surface area (Å²) in [5.74, 6) is -0.177. The summed E-state index contributed by atoms with van der Waals surface area (Å²) in [6.45, 7) is 1.97. The topological polar surface area (TPSA) is 84.0 Å². The first kappa shape index (κ1) is 19.5. The third-order valence-corrected chi connectivity index (χ3v) is 5.81. The number of nitrogens with one attached hydrogen (secondary N) is 2. The first-order valence-electron chi connectivity index (χ1n) is 7.89. The molecule has 2 aromatic carbocycles. The van der Waals surface area contributed by atoms with Crippen LogP contribution in [0.4, 0.5) is 10.8 Å². The molecule has 0 unspecified atom stereocenters. The van der Waals surface area contributed by atoms with Crippen LogP contribution < -0.4 is 10.6 Å². The minimum absolute atomic E-state index is 0.125. The first-order valence-corrected chi connectivity index (χ1v) is 10.5. The molecule has 2 amide bonds. The predicted octanol–water partition coefficient (Wildman–Crippen LogP) is 4.59. The fourth-order valence-corrected chi connectivity index (χ4v) is 4.11. The lowest BCUT2D eigenvalue weighted by Gasteiger charge is -2.04. The average Bonchev–Trinajstić information content (AvgIpc) is 3.07. The summed E-state index contributed by atoms with van der Waals surface area (Å²) in [6, 6.07) is 14.7. The van der Waals surface area contributed by atoms with Crippen LogP contribution in [-0.2, 0) is 4.79 Å². The van der Waals surface area contributed by atoms with Crippen molar-refractivity contribution in [1.82, 2.24) is 10.2 Å². The molecule has 27 heavy (non-hydrogen) atoms. The van der Waals surface area contributed by atoms with Gasteiger partial charge in [-0.1, -0.05) is 57.2 Å². The van der Waals surface area contributed by atoms with E-state index in [1.54, 1.807) is 18.2 Å². The number of hydrogen-bond acceptors (Lipinski definition) is 6. The van der Waals surface area contributed by atoms with Crippen molar-refractivity contribution in [2.75, 3.05) is 16.4 Å². The van der Waals surface area contributed by atoms with Gasteiger partial charge in [0.15, 0.2) is 4.34 Å². The van der Waals surface area contributed by atoms with Crippen molar-refractivity contribution in [3.05, 3.63) is 64.1 Å².